The van der Waals surface area contributed by atoms with E-state index in [0.29, 0.717) is 6.07 Å². The Kier molecular flexibility index (Phi) is 7.35. The largest absolute Gasteiger partial charge is 0.417 e. The van der Waals surface area contributed by atoms with E-state index in [9.17, 15) is 31.9 Å². The normalized spacial score (nSPS) is 21.2. The Morgan fingerprint density at radius 3 is 2.48 bits per heavy atom. The number of hydrogen-bond donors (Lipinski definition) is 0. The number of aromatic nitrogens is 2. The average molecular weight is 635 g/mol. The monoisotopic (exact) mass is 634 g/mol. The van der Waals surface area contributed by atoms with E-state index in [0.717, 1.165) is 23.9 Å². The van der Waals surface area contributed by atoms with Crippen LogP contribution in [0.3, 0.4) is 0 Å². The van der Waals surface area contributed by atoms with Gasteiger partial charge < -0.3 is 14.5 Å². The Morgan fingerprint density at radius 2 is 1.86 bits per heavy atom. The van der Waals surface area contributed by atoms with Crippen LogP contribution in [-0.2, 0) is 22.3 Å². The molecule has 0 aliphatic carbocycles. The molecule has 0 radical (unpaired) electrons. The van der Waals surface area contributed by atoms with Crippen LogP contribution in [-0.4, -0.2) is 70.8 Å². The summed E-state index contributed by atoms with van der Waals surface area (Å²) in [6, 6.07) is 1.18. The number of ether oxygens (including phenoxy) is 1. The van der Waals surface area contributed by atoms with Gasteiger partial charge in [0.2, 0.25) is 5.91 Å². The van der Waals surface area contributed by atoms with Crippen LogP contribution in [0.1, 0.15) is 29.8 Å². The number of carbonyl (C=O) groups is 2. The zero-order valence-corrected chi connectivity index (χ0v) is 24.5. The lowest BCUT2D eigenvalue weighted by Gasteiger charge is -2.44. The number of nitrogens with zero attached hydrogens (tertiary/aromatic N) is 4. The van der Waals surface area contributed by atoms with Gasteiger partial charge in [-0.1, -0.05) is 6.58 Å². The van der Waals surface area contributed by atoms with Crippen LogP contribution in [0.2, 0.25) is 0 Å². The third-order valence-corrected chi connectivity index (χ3v) is 9.98. The number of aldehydes is 1. The van der Waals surface area contributed by atoms with Crippen molar-refractivity contribution in [1.29, 1.82) is 0 Å². The summed E-state index contributed by atoms with van der Waals surface area (Å²) in [5, 5.41) is 0.0288. The van der Waals surface area contributed by atoms with E-state index in [1.165, 1.54) is 10.6 Å². The smallest absolute Gasteiger partial charge is 0.380 e. The van der Waals surface area contributed by atoms with Gasteiger partial charge >= 0.3 is 11.9 Å². The Bertz CT molecular complexity index is 1790. The van der Waals surface area contributed by atoms with Gasteiger partial charge in [0.05, 0.1) is 29.9 Å². The van der Waals surface area contributed by atoms with Gasteiger partial charge in [-0.3, -0.25) is 14.2 Å². The summed E-state index contributed by atoms with van der Waals surface area (Å²) in [6.45, 7) is 8.10. The summed E-state index contributed by atoms with van der Waals surface area (Å²) in [5.74, 6) is -2.52. The molecule has 0 N–H and O–H groups in total. The van der Waals surface area contributed by atoms with E-state index >= 15 is 4.39 Å². The molecule has 2 fully saturated rings. The predicted molar refractivity (Wildman–Crippen MR) is 154 cm³/mol. The molecule has 0 unspecified atom stereocenters. The molecular formula is C30H27F5N4O4S. The van der Waals surface area contributed by atoms with Gasteiger partial charge in [0, 0.05) is 70.4 Å². The standard InChI is InChI=1S/C30H27F5N4O4S/c1-4-23(41)37-8-16(3)38(9-15(37)2)27-19-6-20(30(33,34)35)24(18-5-17(10-40)21(31)7-22(18)32)26-25(19)39(28(42)36-27)11-29(14-44-26)12-43-13-29/h4-7,10,15-16H,1,8-9,11-14H2,2-3H3/t15-,16+/m1/s1. The molecule has 8 nitrogen and oxygen atoms in total. The number of benzene rings is 2. The maximum atomic E-state index is 15.4. The molecule has 1 amide bonds. The lowest BCUT2D eigenvalue weighted by Crippen LogP contribution is -2.58. The maximum Gasteiger partial charge on any atom is 0.417 e. The lowest BCUT2D eigenvalue weighted by atomic mass is 9.88. The van der Waals surface area contributed by atoms with Crippen LogP contribution in [0.25, 0.3) is 22.0 Å². The molecule has 1 aromatic heterocycles. The first-order chi connectivity index (χ1) is 20.8. The molecule has 6 rings (SSSR count). The van der Waals surface area contributed by atoms with Crippen molar-refractivity contribution >= 4 is 40.7 Å². The molecule has 44 heavy (non-hydrogen) atoms. The summed E-state index contributed by atoms with van der Waals surface area (Å²) in [7, 11) is 0. The van der Waals surface area contributed by atoms with Crippen molar-refractivity contribution in [2.45, 2.75) is 43.5 Å². The Hall–Kier alpha value is -3.78. The van der Waals surface area contributed by atoms with Gasteiger partial charge in [-0.2, -0.15) is 18.2 Å². The minimum absolute atomic E-state index is 0.0131. The molecular weight excluding hydrogens is 607 g/mol. The minimum Gasteiger partial charge on any atom is -0.380 e. The van der Waals surface area contributed by atoms with Gasteiger partial charge in [-0.05, 0) is 32.1 Å². The van der Waals surface area contributed by atoms with E-state index in [-0.39, 0.29) is 78.5 Å². The third kappa shape index (κ3) is 4.78. The molecule has 14 heteroatoms. The van der Waals surface area contributed by atoms with Crippen LogP contribution >= 0.6 is 11.8 Å². The van der Waals surface area contributed by atoms with Crippen LogP contribution in [0.15, 0.2) is 40.5 Å². The van der Waals surface area contributed by atoms with Gasteiger partial charge in [-0.25, -0.2) is 13.6 Å². The van der Waals surface area contributed by atoms with E-state index in [1.807, 2.05) is 0 Å². The Morgan fingerprint density at radius 1 is 1.14 bits per heavy atom. The first-order valence-electron chi connectivity index (χ1n) is 13.8. The second kappa shape index (κ2) is 10.7. The van der Waals surface area contributed by atoms with E-state index < -0.39 is 57.2 Å². The second-order valence-corrected chi connectivity index (χ2v) is 12.6. The fourth-order valence-corrected chi connectivity index (χ4v) is 7.69. The van der Waals surface area contributed by atoms with E-state index in [1.54, 1.807) is 23.6 Å². The number of hydrogen-bond acceptors (Lipinski definition) is 7. The number of piperazine rings is 1. The molecule has 2 atom stereocenters. The van der Waals surface area contributed by atoms with Crippen LogP contribution in [0.5, 0.6) is 0 Å². The topological polar surface area (TPSA) is 84.7 Å². The molecule has 0 bridgehead atoms. The number of thioether (sulfide) groups is 1. The number of anilines is 1. The van der Waals surface area contributed by atoms with Crippen molar-refractivity contribution in [3.8, 4) is 11.1 Å². The van der Waals surface area contributed by atoms with Crippen LogP contribution < -0.4 is 10.6 Å². The van der Waals surface area contributed by atoms with Crippen molar-refractivity contribution < 1.29 is 36.3 Å². The molecule has 3 aliphatic heterocycles. The SMILES string of the molecule is C=CC(=O)N1C[C@H](C)N(c2nc(=O)n3c4c(c(-c5cc(C=O)c(F)cc5F)c(C(F)(F)F)cc24)SCC2(COC2)C3)C[C@H]1C. The Balaban J connectivity index is 1.68. The number of amides is 1. The first-order valence-corrected chi connectivity index (χ1v) is 14.8. The summed E-state index contributed by atoms with van der Waals surface area (Å²) < 4.78 is 81.2. The number of carbonyl (C=O) groups excluding carboxylic acids is 2. The fraction of sp³-hybridized carbons (Fsp3) is 0.400. The number of halogens is 5. The molecule has 3 aromatic rings. The van der Waals surface area contributed by atoms with Crippen molar-refractivity contribution in [2.75, 3.05) is 37.0 Å². The minimum atomic E-state index is -5.02. The highest BCUT2D eigenvalue weighted by molar-refractivity contribution is 7.99. The third-order valence-electron chi connectivity index (χ3n) is 8.54. The molecule has 3 aliphatic rings. The summed E-state index contributed by atoms with van der Waals surface area (Å²) in [6.07, 6.45) is -3.72. The quantitative estimate of drug-likeness (QED) is 0.229. The number of alkyl halides is 3. The summed E-state index contributed by atoms with van der Waals surface area (Å²) in [5.41, 5.74) is -4.16. The highest BCUT2D eigenvalue weighted by Gasteiger charge is 2.45. The summed E-state index contributed by atoms with van der Waals surface area (Å²) in [4.78, 5) is 45.3. The second-order valence-electron chi connectivity index (χ2n) is 11.6. The maximum absolute atomic E-state index is 15.4. The highest BCUT2D eigenvalue weighted by atomic mass is 32.2. The lowest BCUT2D eigenvalue weighted by molar-refractivity contribution is -0.137. The van der Waals surface area contributed by atoms with Gasteiger partial charge in [0.15, 0.2) is 6.29 Å². The molecule has 232 valence electrons. The zero-order valence-electron chi connectivity index (χ0n) is 23.7. The fourth-order valence-electron chi connectivity index (χ4n) is 6.26. The van der Waals surface area contributed by atoms with Gasteiger partial charge in [-0.15, -0.1) is 11.8 Å². The van der Waals surface area contributed by atoms with Crippen molar-refractivity contribution in [2.24, 2.45) is 5.41 Å². The summed E-state index contributed by atoms with van der Waals surface area (Å²) >= 11 is 1.04. The molecule has 0 saturated carbocycles. The van der Waals surface area contributed by atoms with Crippen LogP contribution in [0, 0.1) is 17.0 Å². The van der Waals surface area contributed by atoms with Crippen molar-refractivity contribution in [1.82, 2.24) is 14.5 Å². The molecule has 4 heterocycles. The van der Waals surface area contributed by atoms with E-state index in [2.05, 4.69) is 11.6 Å². The number of rotatable bonds is 4. The highest BCUT2D eigenvalue weighted by Crippen LogP contribution is 2.51. The van der Waals surface area contributed by atoms with E-state index in [4.69, 9.17) is 4.74 Å². The zero-order chi connectivity index (χ0) is 31.7. The average Bonchev–Trinajstić information content (AvgIpc) is 3.14. The van der Waals surface area contributed by atoms with Crippen molar-refractivity contribution in [3.63, 3.8) is 0 Å². The van der Waals surface area contributed by atoms with Gasteiger partial charge in [0.1, 0.15) is 17.5 Å². The van der Waals surface area contributed by atoms with Crippen molar-refractivity contribution in [3.05, 3.63) is 64.1 Å². The molecule has 1 spiro atoms. The van der Waals surface area contributed by atoms with Gasteiger partial charge in [0.25, 0.3) is 0 Å². The predicted octanol–water partition coefficient (Wildman–Crippen LogP) is 4.91. The molecule has 2 aromatic carbocycles. The molecule has 2 saturated heterocycles. The Labute approximate surface area is 252 Å². The first kappa shape index (κ1) is 30.3. The van der Waals surface area contributed by atoms with Crippen LogP contribution in [0.4, 0.5) is 27.8 Å².